The van der Waals surface area contributed by atoms with Crippen molar-refractivity contribution in [1.29, 1.82) is 0 Å². The number of rotatable bonds is 4. The van der Waals surface area contributed by atoms with E-state index in [0.29, 0.717) is 17.4 Å². The third-order valence-corrected chi connectivity index (χ3v) is 3.58. The molecular weight excluding hydrogens is 316 g/mol. The van der Waals surface area contributed by atoms with Gasteiger partial charge in [0.2, 0.25) is 0 Å². The molecule has 0 saturated carbocycles. The molecule has 1 heterocycles. The molecule has 0 aliphatic heterocycles. The normalized spacial score (nSPS) is 10.1. The Balaban J connectivity index is 1.96. The fourth-order valence-electron chi connectivity index (χ4n) is 1.33. The van der Waals surface area contributed by atoms with Gasteiger partial charge in [0.05, 0.1) is 7.11 Å². The van der Waals surface area contributed by atoms with Crippen LogP contribution in [0.5, 0.6) is 0 Å². The lowest BCUT2D eigenvalue weighted by atomic mass is 10.2. The van der Waals surface area contributed by atoms with E-state index in [4.69, 9.17) is 0 Å². The van der Waals surface area contributed by atoms with Gasteiger partial charge in [0.15, 0.2) is 10.8 Å². The average Bonchev–Trinajstić information content (AvgIpc) is 2.86. The number of thiazole rings is 1. The van der Waals surface area contributed by atoms with Crippen LogP contribution >= 0.6 is 27.3 Å². The molecule has 0 radical (unpaired) electrons. The smallest absolute Gasteiger partial charge is 0.357 e. The molecule has 1 N–H and O–H groups in total. The maximum absolute atomic E-state index is 11.2. The number of benzene rings is 1. The maximum atomic E-state index is 11.2. The molecule has 0 aliphatic rings. The zero-order chi connectivity index (χ0) is 13.0. The van der Waals surface area contributed by atoms with E-state index in [-0.39, 0.29) is 0 Å². The number of ether oxygens (including phenoxy) is 1. The standard InChI is InChI=1S/C12H11BrN2O2S/c1-17-11(16)10-7-18-12(15-10)14-6-8-2-4-9(13)5-3-8/h2-5,7H,6H2,1H3,(H,14,15). The zero-order valence-electron chi connectivity index (χ0n) is 9.64. The van der Waals surface area contributed by atoms with Crippen LogP contribution in [0.25, 0.3) is 0 Å². The first-order valence-electron chi connectivity index (χ1n) is 5.21. The van der Waals surface area contributed by atoms with E-state index >= 15 is 0 Å². The fraction of sp³-hybridized carbons (Fsp3) is 0.167. The van der Waals surface area contributed by atoms with Crippen molar-refractivity contribution < 1.29 is 9.53 Å². The number of nitrogens with one attached hydrogen (secondary N) is 1. The van der Waals surface area contributed by atoms with Crippen molar-refractivity contribution in [2.24, 2.45) is 0 Å². The van der Waals surface area contributed by atoms with Crippen LogP contribution in [0.3, 0.4) is 0 Å². The van der Waals surface area contributed by atoms with Gasteiger partial charge in [-0.3, -0.25) is 0 Å². The molecule has 4 nitrogen and oxygen atoms in total. The minimum Gasteiger partial charge on any atom is -0.464 e. The minimum absolute atomic E-state index is 0.334. The summed E-state index contributed by atoms with van der Waals surface area (Å²) in [5, 5.41) is 5.55. The molecule has 18 heavy (non-hydrogen) atoms. The molecule has 1 aromatic carbocycles. The van der Waals surface area contributed by atoms with Crippen LogP contribution in [0, 0.1) is 0 Å². The Kier molecular flexibility index (Phi) is 4.33. The van der Waals surface area contributed by atoms with Crippen molar-refractivity contribution in [2.45, 2.75) is 6.54 Å². The lowest BCUT2D eigenvalue weighted by Crippen LogP contribution is -2.03. The molecule has 0 spiro atoms. The van der Waals surface area contributed by atoms with Gasteiger partial charge in [-0.15, -0.1) is 11.3 Å². The lowest BCUT2D eigenvalue weighted by Gasteiger charge is -2.02. The number of carbonyl (C=O) groups is 1. The molecule has 0 saturated heterocycles. The van der Waals surface area contributed by atoms with Crippen LogP contribution in [0.2, 0.25) is 0 Å². The molecule has 1 aromatic heterocycles. The van der Waals surface area contributed by atoms with Gasteiger partial charge in [-0.05, 0) is 17.7 Å². The Morgan fingerprint density at radius 3 is 2.83 bits per heavy atom. The van der Waals surface area contributed by atoms with Crippen LogP contribution in [0.15, 0.2) is 34.1 Å². The van der Waals surface area contributed by atoms with Gasteiger partial charge in [-0.1, -0.05) is 28.1 Å². The first kappa shape index (κ1) is 13.0. The monoisotopic (exact) mass is 326 g/mol. The predicted octanol–water partition coefficient (Wildman–Crippen LogP) is 3.30. The molecule has 0 fully saturated rings. The largest absolute Gasteiger partial charge is 0.464 e. The van der Waals surface area contributed by atoms with E-state index < -0.39 is 5.97 Å². The third kappa shape index (κ3) is 3.30. The molecule has 94 valence electrons. The van der Waals surface area contributed by atoms with E-state index in [1.165, 1.54) is 18.4 Å². The fourth-order valence-corrected chi connectivity index (χ4v) is 2.28. The highest BCUT2D eigenvalue weighted by Crippen LogP contribution is 2.17. The quantitative estimate of drug-likeness (QED) is 0.876. The van der Waals surface area contributed by atoms with Gasteiger partial charge in [0.25, 0.3) is 0 Å². The lowest BCUT2D eigenvalue weighted by molar-refractivity contribution is 0.0595. The number of nitrogens with zero attached hydrogens (tertiary/aromatic N) is 1. The first-order valence-corrected chi connectivity index (χ1v) is 6.88. The third-order valence-electron chi connectivity index (χ3n) is 2.26. The summed E-state index contributed by atoms with van der Waals surface area (Å²) in [5.74, 6) is -0.414. The average molecular weight is 327 g/mol. The Labute approximate surface area is 117 Å². The Hall–Kier alpha value is -1.40. The van der Waals surface area contributed by atoms with Gasteiger partial charge in [0.1, 0.15) is 0 Å². The molecule has 2 aromatic rings. The second-order valence-corrected chi connectivity index (χ2v) is 5.28. The van der Waals surface area contributed by atoms with Gasteiger partial charge in [0, 0.05) is 16.4 Å². The summed E-state index contributed by atoms with van der Waals surface area (Å²) in [7, 11) is 1.34. The SMILES string of the molecule is COC(=O)c1csc(NCc2ccc(Br)cc2)n1. The summed E-state index contributed by atoms with van der Waals surface area (Å²) in [5.41, 5.74) is 1.48. The number of carbonyl (C=O) groups excluding carboxylic acids is 1. The first-order chi connectivity index (χ1) is 8.69. The van der Waals surface area contributed by atoms with Crippen LogP contribution in [0.1, 0.15) is 16.1 Å². The van der Waals surface area contributed by atoms with Gasteiger partial charge in [-0.25, -0.2) is 9.78 Å². The molecule has 2 rings (SSSR count). The van der Waals surface area contributed by atoms with Gasteiger partial charge < -0.3 is 10.1 Å². The maximum Gasteiger partial charge on any atom is 0.357 e. The number of esters is 1. The summed E-state index contributed by atoms with van der Waals surface area (Å²) >= 11 is 4.77. The van der Waals surface area contributed by atoms with E-state index in [1.807, 2.05) is 24.3 Å². The highest BCUT2D eigenvalue weighted by Gasteiger charge is 2.10. The van der Waals surface area contributed by atoms with Crippen molar-refractivity contribution in [3.05, 3.63) is 45.4 Å². The Morgan fingerprint density at radius 1 is 1.44 bits per heavy atom. The molecular formula is C12H11BrN2O2S. The van der Waals surface area contributed by atoms with Crippen molar-refractivity contribution in [2.75, 3.05) is 12.4 Å². The summed E-state index contributed by atoms with van der Waals surface area (Å²) < 4.78 is 5.65. The topological polar surface area (TPSA) is 51.2 Å². The van der Waals surface area contributed by atoms with Crippen LogP contribution < -0.4 is 5.32 Å². The van der Waals surface area contributed by atoms with Crippen LogP contribution in [-0.4, -0.2) is 18.1 Å². The number of halogens is 1. The van der Waals surface area contributed by atoms with Gasteiger partial charge in [-0.2, -0.15) is 0 Å². The summed E-state index contributed by atoms with van der Waals surface area (Å²) in [6.45, 7) is 0.668. The number of aromatic nitrogens is 1. The predicted molar refractivity (Wildman–Crippen MR) is 74.9 cm³/mol. The summed E-state index contributed by atoms with van der Waals surface area (Å²) in [4.78, 5) is 15.4. The molecule has 0 unspecified atom stereocenters. The molecule has 0 aliphatic carbocycles. The molecule has 0 bridgehead atoms. The second kappa shape index (κ2) is 5.97. The van der Waals surface area contributed by atoms with Crippen LogP contribution in [-0.2, 0) is 11.3 Å². The van der Waals surface area contributed by atoms with E-state index in [0.717, 1.165) is 10.0 Å². The molecule has 6 heteroatoms. The Bertz CT molecular complexity index is 539. The van der Waals surface area contributed by atoms with Crippen molar-refractivity contribution in [1.82, 2.24) is 4.98 Å². The van der Waals surface area contributed by atoms with E-state index in [1.54, 1.807) is 5.38 Å². The highest BCUT2D eigenvalue weighted by molar-refractivity contribution is 9.10. The molecule has 0 amide bonds. The second-order valence-electron chi connectivity index (χ2n) is 3.51. The number of hydrogen-bond acceptors (Lipinski definition) is 5. The zero-order valence-corrected chi connectivity index (χ0v) is 12.0. The number of anilines is 1. The summed E-state index contributed by atoms with van der Waals surface area (Å²) in [6.07, 6.45) is 0. The number of hydrogen-bond donors (Lipinski definition) is 1. The minimum atomic E-state index is -0.414. The highest BCUT2D eigenvalue weighted by atomic mass is 79.9. The number of methoxy groups -OCH3 is 1. The Morgan fingerprint density at radius 2 is 2.17 bits per heavy atom. The van der Waals surface area contributed by atoms with Gasteiger partial charge >= 0.3 is 5.97 Å². The van der Waals surface area contributed by atoms with Crippen molar-refractivity contribution in [3.63, 3.8) is 0 Å². The van der Waals surface area contributed by atoms with Crippen molar-refractivity contribution >= 4 is 38.4 Å². The van der Waals surface area contributed by atoms with Crippen molar-refractivity contribution in [3.8, 4) is 0 Å². The van der Waals surface area contributed by atoms with E-state index in [9.17, 15) is 4.79 Å². The molecule has 0 atom stereocenters. The van der Waals surface area contributed by atoms with E-state index in [2.05, 4.69) is 31.0 Å². The van der Waals surface area contributed by atoms with Crippen LogP contribution in [0.4, 0.5) is 5.13 Å². The summed E-state index contributed by atoms with van der Waals surface area (Å²) in [6, 6.07) is 8.01.